The molecule has 1 rings (SSSR count). The summed E-state index contributed by atoms with van der Waals surface area (Å²) < 4.78 is 1.02. The predicted molar refractivity (Wildman–Crippen MR) is 83.3 cm³/mol. The van der Waals surface area contributed by atoms with Crippen molar-refractivity contribution < 1.29 is 0 Å². The molecule has 0 aliphatic rings. The Hall–Kier alpha value is -0.0900. The molecule has 0 aliphatic heterocycles. The Morgan fingerprint density at radius 1 is 1.39 bits per heavy atom. The van der Waals surface area contributed by atoms with Gasteiger partial charge in [-0.1, -0.05) is 33.6 Å². The largest absolute Gasteiger partial charge is 0.313 e. The SMILES string of the molecule is CNC(CCN(C)C(C)C)c1ccc(Br)cc1Cl. The van der Waals surface area contributed by atoms with Crippen LogP contribution in [0, 0.1) is 0 Å². The van der Waals surface area contributed by atoms with Crippen molar-refractivity contribution in [3.8, 4) is 0 Å². The Morgan fingerprint density at radius 2 is 2.06 bits per heavy atom. The van der Waals surface area contributed by atoms with E-state index in [1.165, 1.54) is 5.56 Å². The highest BCUT2D eigenvalue weighted by Gasteiger charge is 2.14. The molecule has 0 bridgehead atoms. The summed E-state index contributed by atoms with van der Waals surface area (Å²) in [6.07, 6.45) is 1.05. The number of hydrogen-bond acceptors (Lipinski definition) is 2. The first kappa shape index (κ1) is 16.0. The Labute approximate surface area is 124 Å². The van der Waals surface area contributed by atoms with Crippen LogP contribution in [0.5, 0.6) is 0 Å². The average Bonchev–Trinajstić information content (AvgIpc) is 2.31. The summed E-state index contributed by atoms with van der Waals surface area (Å²) in [7, 11) is 4.14. The third-order valence-corrected chi connectivity index (χ3v) is 4.16. The van der Waals surface area contributed by atoms with Crippen molar-refractivity contribution in [2.45, 2.75) is 32.4 Å². The van der Waals surface area contributed by atoms with Crippen LogP contribution in [0.2, 0.25) is 5.02 Å². The monoisotopic (exact) mass is 332 g/mol. The summed E-state index contributed by atoms with van der Waals surface area (Å²) in [5.74, 6) is 0. The minimum atomic E-state index is 0.298. The van der Waals surface area contributed by atoms with Gasteiger partial charge in [-0.05, 0) is 58.6 Å². The molecule has 1 atom stereocenters. The van der Waals surface area contributed by atoms with Gasteiger partial charge in [0.1, 0.15) is 0 Å². The molecule has 1 aromatic carbocycles. The van der Waals surface area contributed by atoms with E-state index in [0.29, 0.717) is 12.1 Å². The van der Waals surface area contributed by atoms with Crippen LogP contribution in [-0.4, -0.2) is 31.6 Å². The smallest absolute Gasteiger partial charge is 0.0465 e. The second-order valence-electron chi connectivity index (χ2n) is 4.87. The highest BCUT2D eigenvalue weighted by Crippen LogP contribution is 2.28. The lowest BCUT2D eigenvalue weighted by atomic mass is 10.0. The average molecular weight is 334 g/mol. The summed E-state index contributed by atoms with van der Waals surface area (Å²) in [5, 5.41) is 4.16. The van der Waals surface area contributed by atoms with Crippen LogP contribution in [0.3, 0.4) is 0 Å². The van der Waals surface area contributed by atoms with Crippen LogP contribution in [0.4, 0.5) is 0 Å². The van der Waals surface area contributed by atoms with Crippen molar-refractivity contribution in [3.05, 3.63) is 33.3 Å². The van der Waals surface area contributed by atoms with E-state index in [0.717, 1.165) is 22.5 Å². The minimum absolute atomic E-state index is 0.298. The van der Waals surface area contributed by atoms with Gasteiger partial charge < -0.3 is 10.2 Å². The summed E-state index contributed by atoms with van der Waals surface area (Å²) in [6.45, 7) is 5.47. The number of benzene rings is 1. The zero-order valence-electron chi connectivity index (χ0n) is 11.5. The first-order valence-corrected chi connectivity index (χ1v) is 7.45. The zero-order chi connectivity index (χ0) is 13.7. The molecule has 4 heteroatoms. The highest BCUT2D eigenvalue weighted by molar-refractivity contribution is 9.10. The summed E-state index contributed by atoms with van der Waals surface area (Å²) in [6, 6.07) is 6.95. The molecule has 0 heterocycles. The standard InChI is InChI=1S/C14H22BrClN2/c1-10(2)18(4)8-7-14(17-3)12-6-5-11(15)9-13(12)16/h5-6,9-10,14,17H,7-8H2,1-4H3. The third-order valence-electron chi connectivity index (χ3n) is 3.34. The van der Waals surface area contributed by atoms with Crippen molar-refractivity contribution in [2.24, 2.45) is 0 Å². The fraction of sp³-hybridized carbons (Fsp3) is 0.571. The van der Waals surface area contributed by atoms with Crippen LogP contribution in [0.1, 0.15) is 31.9 Å². The van der Waals surface area contributed by atoms with Crippen LogP contribution in [-0.2, 0) is 0 Å². The van der Waals surface area contributed by atoms with Crippen LogP contribution < -0.4 is 5.32 Å². The number of nitrogens with one attached hydrogen (secondary N) is 1. The molecule has 18 heavy (non-hydrogen) atoms. The van der Waals surface area contributed by atoms with Crippen molar-refractivity contribution in [1.82, 2.24) is 10.2 Å². The van der Waals surface area contributed by atoms with Gasteiger partial charge in [0.2, 0.25) is 0 Å². The van der Waals surface area contributed by atoms with E-state index < -0.39 is 0 Å². The van der Waals surface area contributed by atoms with E-state index in [1.807, 2.05) is 19.2 Å². The topological polar surface area (TPSA) is 15.3 Å². The first-order chi connectivity index (χ1) is 8.45. The van der Waals surface area contributed by atoms with E-state index >= 15 is 0 Å². The fourth-order valence-corrected chi connectivity index (χ4v) is 2.64. The molecule has 0 saturated carbocycles. The molecule has 1 unspecified atom stereocenters. The zero-order valence-corrected chi connectivity index (χ0v) is 13.8. The molecule has 0 amide bonds. The maximum Gasteiger partial charge on any atom is 0.0465 e. The Morgan fingerprint density at radius 3 is 2.56 bits per heavy atom. The maximum atomic E-state index is 6.30. The van der Waals surface area contributed by atoms with E-state index in [1.54, 1.807) is 0 Å². The Balaban J connectivity index is 2.71. The molecule has 2 nitrogen and oxygen atoms in total. The lowest BCUT2D eigenvalue weighted by Gasteiger charge is -2.25. The van der Waals surface area contributed by atoms with Gasteiger partial charge in [0.25, 0.3) is 0 Å². The predicted octanol–water partition coefficient (Wildman–Crippen LogP) is 4.09. The molecule has 0 spiro atoms. The molecule has 1 N–H and O–H groups in total. The summed E-state index contributed by atoms with van der Waals surface area (Å²) >= 11 is 9.73. The summed E-state index contributed by atoms with van der Waals surface area (Å²) in [5.41, 5.74) is 1.17. The Bertz CT molecular complexity index is 382. The third kappa shape index (κ3) is 4.54. The van der Waals surface area contributed by atoms with Gasteiger partial charge in [0.05, 0.1) is 0 Å². The lowest BCUT2D eigenvalue weighted by molar-refractivity contribution is 0.258. The van der Waals surface area contributed by atoms with Gasteiger partial charge in [0.15, 0.2) is 0 Å². The summed E-state index contributed by atoms with van der Waals surface area (Å²) in [4.78, 5) is 2.34. The maximum absolute atomic E-state index is 6.30. The quantitative estimate of drug-likeness (QED) is 0.843. The molecule has 0 radical (unpaired) electrons. The van der Waals surface area contributed by atoms with Crippen molar-refractivity contribution in [1.29, 1.82) is 0 Å². The van der Waals surface area contributed by atoms with Crippen LogP contribution >= 0.6 is 27.5 Å². The van der Waals surface area contributed by atoms with Crippen molar-refractivity contribution in [2.75, 3.05) is 20.6 Å². The normalized spacial score (nSPS) is 13.3. The van der Waals surface area contributed by atoms with Gasteiger partial charge in [-0.25, -0.2) is 0 Å². The van der Waals surface area contributed by atoms with Gasteiger partial charge in [-0.2, -0.15) is 0 Å². The lowest BCUT2D eigenvalue weighted by Crippen LogP contribution is -2.30. The van der Waals surface area contributed by atoms with Crippen LogP contribution in [0.25, 0.3) is 0 Å². The van der Waals surface area contributed by atoms with E-state index in [-0.39, 0.29) is 0 Å². The minimum Gasteiger partial charge on any atom is -0.313 e. The van der Waals surface area contributed by atoms with Gasteiger partial charge in [-0.3, -0.25) is 0 Å². The molecule has 1 aromatic rings. The molecule has 102 valence electrons. The molecule has 0 aliphatic carbocycles. The fourth-order valence-electron chi connectivity index (χ4n) is 1.83. The number of halogens is 2. The second-order valence-corrected chi connectivity index (χ2v) is 6.19. The van der Waals surface area contributed by atoms with Gasteiger partial charge in [0, 0.05) is 21.6 Å². The molecule has 0 saturated heterocycles. The second kappa shape index (κ2) is 7.49. The Kier molecular flexibility index (Phi) is 6.64. The number of hydrogen-bond donors (Lipinski definition) is 1. The molecular weight excluding hydrogens is 312 g/mol. The van der Waals surface area contributed by atoms with Gasteiger partial charge in [-0.15, -0.1) is 0 Å². The van der Waals surface area contributed by atoms with E-state index in [9.17, 15) is 0 Å². The molecule has 0 fully saturated rings. The highest BCUT2D eigenvalue weighted by atomic mass is 79.9. The first-order valence-electron chi connectivity index (χ1n) is 6.28. The van der Waals surface area contributed by atoms with Crippen LogP contribution in [0.15, 0.2) is 22.7 Å². The van der Waals surface area contributed by atoms with E-state index in [4.69, 9.17) is 11.6 Å². The molecular formula is C14H22BrClN2. The molecule has 0 aromatic heterocycles. The van der Waals surface area contributed by atoms with Crippen molar-refractivity contribution in [3.63, 3.8) is 0 Å². The van der Waals surface area contributed by atoms with Gasteiger partial charge >= 0.3 is 0 Å². The van der Waals surface area contributed by atoms with Crippen molar-refractivity contribution >= 4 is 27.5 Å². The number of nitrogens with zero attached hydrogens (tertiary/aromatic N) is 1. The van der Waals surface area contributed by atoms with E-state index in [2.05, 4.69) is 53.1 Å². The number of rotatable bonds is 6.